The molecule has 0 saturated heterocycles. The fourth-order valence-electron chi connectivity index (χ4n) is 1.12. The molecule has 0 aromatic rings. The fourth-order valence-corrected chi connectivity index (χ4v) is 1.12. The van der Waals surface area contributed by atoms with Crippen LogP contribution in [-0.2, 0) is 4.79 Å². The van der Waals surface area contributed by atoms with Crippen LogP contribution in [0.3, 0.4) is 0 Å². The van der Waals surface area contributed by atoms with Crippen LogP contribution < -0.4 is 5.73 Å². The van der Waals surface area contributed by atoms with Gasteiger partial charge in [-0.15, -0.1) is 0 Å². The Bertz CT molecular complexity index is 179. The topological polar surface area (TPSA) is 43.1 Å². The van der Waals surface area contributed by atoms with Crippen LogP contribution in [0.5, 0.6) is 0 Å². The molecule has 0 rings (SSSR count). The third-order valence-electron chi connectivity index (χ3n) is 2.03. The Morgan fingerprint density at radius 3 is 2.43 bits per heavy atom. The van der Waals surface area contributed by atoms with Gasteiger partial charge in [-0.25, -0.2) is 0 Å². The summed E-state index contributed by atoms with van der Waals surface area (Å²) >= 11 is 0. The first-order chi connectivity index (χ1) is 6.37. The molecule has 0 aromatic heterocycles. The van der Waals surface area contributed by atoms with Crippen LogP contribution in [0, 0.1) is 5.92 Å². The van der Waals surface area contributed by atoms with Crippen molar-refractivity contribution in [3.63, 3.8) is 0 Å². The van der Waals surface area contributed by atoms with Crippen LogP contribution >= 0.6 is 0 Å². The molecule has 0 fully saturated rings. The van der Waals surface area contributed by atoms with Gasteiger partial charge >= 0.3 is 6.18 Å². The van der Waals surface area contributed by atoms with Gasteiger partial charge in [-0.2, -0.15) is 13.2 Å². The summed E-state index contributed by atoms with van der Waals surface area (Å²) < 4.78 is 35.2. The summed E-state index contributed by atoms with van der Waals surface area (Å²) in [5, 5.41) is 0. The minimum absolute atomic E-state index is 0.000671. The second kappa shape index (κ2) is 6.01. The zero-order valence-corrected chi connectivity index (χ0v) is 8.23. The zero-order valence-electron chi connectivity index (χ0n) is 8.23. The monoisotopic (exact) mass is 211 g/mol. The van der Waals surface area contributed by atoms with Gasteiger partial charge in [0.15, 0.2) is 0 Å². The number of Topliss-reactive ketones (excluding diaryl/α,β-unsaturated/α-hetero) is 1. The largest absolute Gasteiger partial charge is 0.389 e. The lowest BCUT2D eigenvalue weighted by atomic mass is 9.98. The third kappa shape index (κ3) is 6.88. The van der Waals surface area contributed by atoms with Gasteiger partial charge in [0, 0.05) is 18.8 Å². The summed E-state index contributed by atoms with van der Waals surface area (Å²) in [4.78, 5) is 11.2. The van der Waals surface area contributed by atoms with Gasteiger partial charge < -0.3 is 5.73 Å². The van der Waals surface area contributed by atoms with Gasteiger partial charge in [0.1, 0.15) is 5.78 Å². The van der Waals surface area contributed by atoms with E-state index in [1.807, 2.05) is 0 Å². The molecule has 84 valence electrons. The molecule has 0 aliphatic carbocycles. The number of hydrogen-bond acceptors (Lipinski definition) is 2. The molecular formula is C9H16F3NO. The second-order valence-corrected chi connectivity index (χ2v) is 3.41. The Kier molecular flexibility index (Phi) is 5.76. The van der Waals surface area contributed by atoms with Crippen molar-refractivity contribution in [3.05, 3.63) is 0 Å². The smallest absolute Gasteiger partial charge is 0.330 e. The number of rotatable bonds is 6. The van der Waals surface area contributed by atoms with Crippen LogP contribution in [0.15, 0.2) is 0 Å². The lowest BCUT2D eigenvalue weighted by molar-refractivity contribution is -0.137. The molecule has 0 aliphatic rings. The van der Waals surface area contributed by atoms with Crippen molar-refractivity contribution in [2.45, 2.75) is 38.8 Å². The maximum atomic E-state index is 11.7. The molecule has 0 saturated carbocycles. The molecule has 0 radical (unpaired) electrons. The van der Waals surface area contributed by atoms with E-state index < -0.39 is 12.6 Å². The highest BCUT2D eigenvalue weighted by Crippen LogP contribution is 2.22. The number of ketones is 1. The zero-order chi connectivity index (χ0) is 11.2. The quantitative estimate of drug-likeness (QED) is 0.732. The Morgan fingerprint density at radius 1 is 1.43 bits per heavy atom. The van der Waals surface area contributed by atoms with E-state index >= 15 is 0 Å². The first kappa shape index (κ1) is 13.4. The van der Waals surface area contributed by atoms with Crippen molar-refractivity contribution in [1.29, 1.82) is 0 Å². The third-order valence-corrected chi connectivity index (χ3v) is 2.03. The van der Waals surface area contributed by atoms with Crippen molar-refractivity contribution in [3.8, 4) is 0 Å². The van der Waals surface area contributed by atoms with E-state index in [1.165, 1.54) is 0 Å². The Balaban J connectivity index is 3.64. The fraction of sp³-hybridized carbons (Fsp3) is 0.889. The van der Waals surface area contributed by atoms with E-state index in [9.17, 15) is 18.0 Å². The van der Waals surface area contributed by atoms with Crippen molar-refractivity contribution in [1.82, 2.24) is 0 Å². The van der Waals surface area contributed by atoms with Crippen molar-refractivity contribution >= 4 is 5.78 Å². The molecule has 0 spiro atoms. The van der Waals surface area contributed by atoms with E-state index in [4.69, 9.17) is 5.73 Å². The number of halogens is 3. The van der Waals surface area contributed by atoms with Crippen LogP contribution in [-0.4, -0.2) is 18.5 Å². The van der Waals surface area contributed by atoms with E-state index in [1.54, 1.807) is 6.92 Å². The number of nitrogens with two attached hydrogens (primary N) is 1. The van der Waals surface area contributed by atoms with Crippen LogP contribution in [0.2, 0.25) is 0 Å². The summed E-state index contributed by atoms with van der Waals surface area (Å²) in [6.45, 7) is 2.09. The van der Waals surface area contributed by atoms with E-state index in [2.05, 4.69) is 0 Å². The van der Waals surface area contributed by atoms with E-state index in [0.29, 0.717) is 13.0 Å². The number of alkyl halides is 3. The molecule has 0 aliphatic heterocycles. The highest BCUT2D eigenvalue weighted by atomic mass is 19.4. The van der Waals surface area contributed by atoms with Crippen molar-refractivity contribution < 1.29 is 18.0 Å². The molecule has 0 aromatic carbocycles. The molecule has 0 heterocycles. The van der Waals surface area contributed by atoms with Gasteiger partial charge in [-0.05, 0) is 19.4 Å². The molecule has 2 nitrogen and oxygen atoms in total. The highest BCUT2D eigenvalue weighted by Gasteiger charge is 2.26. The summed E-state index contributed by atoms with van der Waals surface area (Å²) in [5.41, 5.74) is 5.23. The van der Waals surface area contributed by atoms with Crippen LogP contribution in [0.25, 0.3) is 0 Å². The molecule has 2 N–H and O–H groups in total. The van der Waals surface area contributed by atoms with E-state index in [-0.39, 0.29) is 24.5 Å². The molecule has 0 bridgehead atoms. The minimum atomic E-state index is -4.16. The van der Waals surface area contributed by atoms with Crippen LogP contribution in [0.4, 0.5) is 13.2 Å². The lowest BCUT2D eigenvalue weighted by Gasteiger charge is -2.09. The number of hydrogen-bond donors (Lipinski definition) is 1. The predicted molar refractivity (Wildman–Crippen MR) is 47.7 cm³/mol. The average molecular weight is 211 g/mol. The Morgan fingerprint density at radius 2 is 2.00 bits per heavy atom. The summed E-state index contributed by atoms with van der Waals surface area (Å²) in [6, 6.07) is 0. The molecule has 14 heavy (non-hydrogen) atoms. The second-order valence-electron chi connectivity index (χ2n) is 3.41. The standard InChI is InChI=1S/C9H16F3NO/c1-7(4-6-13)8(14)3-2-5-9(10,11)12/h7H,2-6,13H2,1H3. The first-order valence-electron chi connectivity index (χ1n) is 4.66. The predicted octanol–water partition coefficient (Wildman–Crippen LogP) is 2.27. The van der Waals surface area contributed by atoms with Gasteiger partial charge in [0.2, 0.25) is 0 Å². The van der Waals surface area contributed by atoms with Crippen LogP contribution in [0.1, 0.15) is 32.6 Å². The molecule has 5 heteroatoms. The van der Waals surface area contributed by atoms with Crippen molar-refractivity contribution in [2.75, 3.05) is 6.54 Å². The molecule has 1 atom stereocenters. The summed E-state index contributed by atoms with van der Waals surface area (Å²) in [6.07, 6.45) is -4.60. The highest BCUT2D eigenvalue weighted by molar-refractivity contribution is 5.80. The summed E-state index contributed by atoms with van der Waals surface area (Å²) in [7, 11) is 0. The van der Waals surface area contributed by atoms with E-state index in [0.717, 1.165) is 0 Å². The maximum Gasteiger partial charge on any atom is 0.389 e. The molecule has 1 unspecified atom stereocenters. The van der Waals surface area contributed by atoms with Gasteiger partial charge in [0.25, 0.3) is 0 Å². The summed E-state index contributed by atoms with van der Waals surface area (Å²) in [5.74, 6) is -0.340. The average Bonchev–Trinajstić information content (AvgIpc) is 2.02. The van der Waals surface area contributed by atoms with Gasteiger partial charge in [-0.1, -0.05) is 6.92 Å². The van der Waals surface area contributed by atoms with Crippen molar-refractivity contribution in [2.24, 2.45) is 11.7 Å². The SMILES string of the molecule is CC(CCN)C(=O)CCCC(F)(F)F. The number of carbonyl (C=O) groups excluding carboxylic acids is 1. The molecule has 0 amide bonds. The normalized spacial score (nSPS) is 14.1. The number of carbonyl (C=O) groups is 1. The lowest BCUT2D eigenvalue weighted by Crippen LogP contribution is -2.16. The first-order valence-corrected chi connectivity index (χ1v) is 4.66. The maximum absolute atomic E-state index is 11.7. The Hall–Kier alpha value is -0.580. The van der Waals surface area contributed by atoms with Gasteiger partial charge in [-0.3, -0.25) is 4.79 Å². The Labute approximate surface area is 81.7 Å². The minimum Gasteiger partial charge on any atom is -0.330 e. The van der Waals surface area contributed by atoms with Gasteiger partial charge in [0.05, 0.1) is 0 Å². The molecular weight excluding hydrogens is 195 g/mol.